The van der Waals surface area contributed by atoms with Crippen molar-refractivity contribution in [1.29, 1.82) is 0 Å². The number of aliphatic carboxylic acids is 3. The number of carboxylic acid groups (broad SMARTS) is 3. The summed E-state index contributed by atoms with van der Waals surface area (Å²) in [7, 11) is 0. The van der Waals surface area contributed by atoms with Crippen molar-refractivity contribution in [1.82, 2.24) is 0 Å². The lowest BCUT2D eigenvalue weighted by atomic mass is 10.2. The van der Waals surface area contributed by atoms with Crippen LogP contribution in [0.15, 0.2) is 0 Å². The maximum atomic E-state index is 11.0. The van der Waals surface area contributed by atoms with Crippen molar-refractivity contribution < 1.29 is 39.2 Å². The van der Waals surface area contributed by atoms with Gasteiger partial charge in [0.05, 0.1) is 6.42 Å². The van der Waals surface area contributed by atoms with E-state index >= 15 is 0 Å². The summed E-state index contributed by atoms with van der Waals surface area (Å²) in [5.41, 5.74) is 0. The Morgan fingerprint density at radius 3 is 1.94 bits per heavy atom. The Morgan fingerprint density at radius 2 is 1.53 bits per heavy atom. The highest BCUT2D eigenvalue weighted by molar-refractivity contribution is 5.82. The van der Waals surface area contributed by atoms with Crippen LogP contribution in [0.2, 0.25) is 0 Å². The van der Waals surface area contributed by atoms with E-state index in [1.54, 1.807) is 0 Å². The molecule has 0 aromatic carbocycles. The predicted molar refractivity (Wildman–Crippen MR) is 51.3 cm³/mol. The molecule has 8 nitrogen and oxygen atoms in total. The van der Waals surface area contributed by atoms with E-state index in [-0.39, 0.29) is 19.3 Å². The van der Waals surface area contributed by atoms with E-state index in [4.69, 9.17) is 15.3 Å². The highest BCUT2D eigenvalue weighted by Gasteiger charge is 2.25. The minimum atomic E-state index is -1.75. The Labute approximate surface area is 95.8 Å². The van der Waals surface area contributed by atoms with Crippen LogP contribution in [-0.2, 0) is 23.9 Å². The van der Waals surface area contributed by atoms with Gasteiger partial charge in [-0.3, -0.25) is 14.4 Å². The number of carboxylic acids is 3. The zero-order chi connectivity index (χ0) is 13.4. The molecular formula is C9H12O8. The minimum absolute atomic E-state index is 0.00752. The van der Waals surface area contributed by atoms with E-state index in [1.165, 1.54) is 0 Å². The number of ether oxygens (including phenoxy) is 1. The summed E-state index contributed by atoms with van der Waals surface area (Å²) in [5, 5.41) is 25.2. The first-order chi connectivity index (χ1) is 7.82. The van der Waals surface area contributed by atoms with Crippen LogP contribution in [0.5, 0.6) is 0 Å². The number of carbonyl (C=O) groups is 4. The summed E-state index contributed by atoms with van der Waals surface area (Å²) < 4.78 is 4.39. The van der Waals surface area contributed by atoms with Gasteiger partial charge in [-0.25, -0.2) is 4.79 Å². The average Bonchev–Trinajstić information content (AvgIpc) is 2.15. The topological polar surface area (TPSA) is 138 Å². The summed E-state index contributed by atoms with van der Waals surface area (Å²) in [4.78, 5) is 42.0. The fourth-order valence-corrected chi connectivity index (χ4v) is 0.940. The van der Waals surface area contributed by atoms with E-state index in [9.17, 15) is 19.2 Å². The van der Waals surface area contributed by atoms with E-state index in [0.717, 1.165) is 0 Å². The molecule has 96 valence electrons. The number of rotatable bonds is 8. The third-order valence-corrected chi connectivity index (χ3v) is 1.68. The van der Waals surface area contributed by atoms with Crippen LogP contribution >= 0.6 is 0 Å². The van der Waals surface area contributed by atoms with E-state index < -0.39 is 36.4 Å². The molecule has 0 radical (unpaired) electrons. The maximum Gasteiger partial charge on any atom is 0.345 e. The highest BCUT2D eigenvalue weighted by Crippen LogP contribution is 2.04. The van der Waals surface area contributed by atoms with Crippen LogP contribution < -0.4 is 0 Å². The molecule has 0 spiro atoms. The van der Waals surface area contributed by atoms with Crippen molar-refractivity contribution in [2.75, 3.05) is 0 Å². The van der Waals surface area contributed by atoms with Gasteiger partial charge >= 0.3 is 23.9 Å². The fourth-order valence-electron chi connectivity index (χ4n) is 0.940. The number of carbonyl (C=O) groups excluding carboxylic acids is 1. The number of esters is 1. The molecule has 0 amide bonds. The molecule has 0 aromatic rings. The Kier molecular flexibility index (Phi) is 6.30. The Bertz CT molecular complexity index is 321. The van der Waals surface area contributed by atoms with Crippen LogP contribution in [0.1, 0.15) is 25.7 Å². The molecule has 0 aliphatic rings. The zero-order valence-corrected chi connectivity index (χ0v) is 8.79. The standard InChI is InChI=1S/C9H12O8/c10-6(11)2-1-3-8(14)17-5(9(15)16)4-7(12)13/h5H,1-4H2,(H,10,11)(H,12,13)(H,15,16). The summed E-state index contributed by atoms with van der Waals surface area (Å²) in [6.45, 7) is 0. The lowest BCUT2D eigenvalue weighted by Crippen LogP contribution is -2.29. The predicted octanol–water partition coefficient (Wildman–Crippen LogP) is -0.288. The molecule has 1 unspecified atom stereocenters. The summed E-state index contributed by atoms with van der Waals surface area (Å²) in [6.07, 6.45) is -3.08. The highest BCUT2D eigenvalue weighted by atomic mass is 16.6. The largest absolute Gasteiger partial charge is 0.481 e. The van der Waals surface area contributed by atoms with Crippen LogP contribution in [-0.4, -0.2) is 45.3 Å². The quantitative estimate of drug-likeness (QED) is 0.498. The fraction of sp³-hybridized carbons (Fsp3) is 0.556. The van der Waals surface area contributed by atoms with Crippen molar-refractivity contribution in [3.63, 3.8) is 0 Å². The second-order valence-electron chi connectivity index (χ2n) is 3.16. The van der Waals surface area contributed by atoms with Crippen LogP contribution in [0.3, 0.4) is 0 Å². The van der Waals surface area contributed by atoms with Gasteiger partial charge < -0.3 is 20.1 Å². The molecule has 0 heterocycles. The van der Waals surface area contributed by atoms with Crippen molar-refractivity contribution in [3.05, 3.63) is 0 Å². The second kappa shape index (κ2) is 7.20. The van der Waals surface area contributed by atoms with Gasteiger partial charge in [-0.15, -0.1) is 0 Å². The lowest BCUT2D eigenvalue weighted by Gasteiger charge is -2.11. The van der Waals surface area contributed by atoms with Crippen molar-refractivity contribution in [3.8, 4) is 0 Å². The van der Waals surface area contributed by atoms with Gasteiger partial charge in [-0.2, -0.15) is 0 Å². The smallest absolute Gasteiger partial charge is 0.345 e. The molecule has 3 N–H and O–H groups in total. The van der Waals surface area contributed by atoms with Gasteiger partial charge in [0, 0.05) is 12.8 Å². The van der Waals surface area contributed by atoms with E-state index in [0.29, 0.717) is 0 Å². The first-order valence-corrected chi connectivity index (χ1v) is 4.68. The number of hydrogen-bond acceptors (Lipinski definition) is 5. The molecular weight excluding hydrogens is 236 g/mol. The first-order valence-electron chi connectivity index (χ1n) is 4.68. The van der Waals surface area contributed by atoms with Gasteiger partial charge in [-0.05, 0) is 6.42 Å². The summed E-state index contributed by atoms with van der Waals surface area (Å²) in [6, 6.07) is 0. The maximum absolute atomic E-state index is 11.0. The van der Waals surface area contributed by atoms with Crippen molar-refractivity contribution in [2.45, 2.75) is 31.8 Å². The van der Waals surface area contributed by atoms with Crippen molar-refractivity contribution in [2.24, 2.45) is 0 Å². The molecule has 0 rings (SSSR count). The molecule has 0 saturated heterocycles. The van der Waals surface area contributed by atoms with Gasteiger partial charge in [-0.1, -0.05) is 0 Å². The molecule has 0 bridgehead atoms. The van der Waals surface area contributed by atoms with E-state index in [2.05, 4.69) is 4.74 Å². The van der Waals surface area contributed by atoms with Gasteiger partial charge in [0.2, 0.25) is 6.10 Å². The molecule has 1 atom stereocenters. The van der Waals surface area contributed by atoms with Gasteiger partial charge in [0.1, 0.15) is 0 Å². The van der Waals surface area contributed by atoms with Crippen LogP contribution in [0.25, 0.3) is 0 Å². The second-order valence-corrected chi connectivity index (χ2v) is 3.16. The molecule has 0 fully saturated rings. The summed E-state index contributed by atoms with van der Waals surface area (Å²) in [5.74, 6) is -4.98. The van der Waals surface area contributed by atoms with Crippen LogP contribution in [0.4, 0.5) is 0 Å². The third kappa shape index (κ3) is 7.77. The molecule has 8 heteroatoms. The SMILES string of the molecule is O=C(O)CCCC(=O)OC(CC(=O)O)C(=O)O. The van der Waals surface area contributed by atoms with Crippen LogP contribution in [0, 0.1) is 0 Å². The van der Waals surface area contributed by atoms with Crippen molar-refractivity contribution >= 4 is 23.9 Å². The average molecular weight is 248 g/mol. The molecule has 0 aromatic heterocycles. The minimum Gasteiger partial charge on any atom is -0.481 e. The summed E-state index contributed by atoms with van der Waals surface area (Å²) >= 11 is 0. The molecule has 0 saturated carbocycles. The van der Waals surface area contributed by atoms with Gasteiger partial charge in [0.25, 0.3) is 0 Å². The number of hydrogen-bond donors (Lipinski definition) is 3. The molecule has 0 aliphatic heterocycles. The monoisotopic (exact) mass is 248 g/mol. The Balaban J connectivity index is 4.08. The Morgan fingerprint density at radius 1 is 0.941 bits per heavy atom. The van der Waals surface area contributed by atoms with Gasteiger partial charge in [0.15, 0.2) is 0 Å². The normalized spacial score (nSPS) is 11.5. The Hall–Kier alpha value is -2.12. The third-order valence-electron chi connectivity index (χ3n) is 1.68. The molecule has 0 aliphatic carbocycles. The zero-order valence-electron chi connectivity index (χ0n) is 8.79. The first kappa shape index (κ1) is 14.9. The van der Waals surface area contributed by atoms with E-state index in [1.807, 2.05) is 0 Å². The lowest BCUT2D eigenvalue weighted by molar-refractivity contribution is -0.167. The molecule has 17 heavy (non-hydrogen) atoms.